The lowest BCUT2D eigenvalue weighted by Crippen LogP contribution is -2.48. The first-order valence-corrected chi connectivity index (χ1v) is 8.05. The molecule has 1 fully saturated rings. The maximum Gasteiger partial charge on any atom is 0.319 e. The highest BCUT2D eigenvalue weighted by molar-refractivity contribution is 7.09. The molecule has 0 saturated carbocycles. The largest absolute Gasteiger partial charge is 0.331 e. The third kappa shape index (κ3) is 4.18. The number of carbonyl (C=O) groups excluding carboxylic acids is 1. The van der Waals surface area contributed by atoms with Gasteiger partial charge >= 0.3 is 6.03 Å². The minimum atomic E-state index is 0.127. The van der Waals surface area contributed by atoms with E-state index in [0.717, 1.165) is 44.6 Å². The molecule has 2 rings (SSSR count). The number of amides is 2. The minimum absolute atomic E-state index is 0.127. The Balaban J connectivity index is 1.66. The van der Waals surface area contributed by atoms with Crippen molar-refractivity contribution in [2.24, 2.45) is 0 Å². The van der Waals surface area contributed by atoms with Gasteiger partial charge in [0.2, 0.25) is 0 Å². The number of aromatic nitrogens is 1. The molecule has 1 N–H and O–H groups in total. The molecule has 2 amide bonds. The number of carbonyl (C=O) groups is 1. The van der Waals surface area contributed by atoms with Gasteiger partial charge in [0.1, 0.15) is 0 Å². The van der Waals surface area contributed by atoms with Gasteiger partial charge < -0.3 is 15.1 Å². The van der Waals surface area contributed by atoms with Crippen LogP contribution in [0.2, 0.25) is 0 Å². The Morgan fingerprint density at radius 1 is 1.50 bits per heavy atom. The number of piperidine rings is 1. The summed E-state index contributed by atoms with van der Waals surface area (Å²) in [7, 11) is 3.62. The average Bonchev–Trinajstić information content (AvgIpc) is 2.84. The van der Waals surface area contributed by atoms with E-state index in [1.54, 1.807) is 16.2 Å². The molecule has 2 heterocycles. The van der Waals surface area contributed by atoms with Crippen LogP contribution >= 0.6 is 11.3 Å². The fourth-order valence-corrected chi connectivity index (χ4v) is 3.23. The monoisotopic (exact) mass is 296 g/mol. The van der Waals surface area contributed by atoms with E-state index in [4.69, 9.17) is 0 Å². The normalized spacial score (nSPS) is 16.4. The van der Waals surface area contributed by atoms with Crippen LogP contribution in [0.25, 0.3) is 0 Å². The fraction of sp³-hybridized carbons (Fsp3) is 0.714. The van der Waals surface area contributed by atoms with Crippen molar-refractivity contribution < 1.29 is 4.79 Å². The average molecular weight is 296 g/mol. The van der Waals surface area contributed by atoms with Crippen LogP contribution in [0.1, 0.15) is 23.5 Å². The van der Waals surface area contributed by atoms with E-state index in [9.17, 15) is 4.79 Å². The molecule has 20 heavy (non-hydrogen) atoms. The standard InChI is InChI=1S/C14H24N4OS/c1-11-10-20-13(16-11)4-7-15-12-5-8-18(9-6-12)14(19)17(2)3/h10,12,15H,4-9H2,1-3H3. The van der Waals surface area contributed by atoms with E-state index in [1.165, 1.54) is 5.01 Å². The minimum Gasteiger partial charge on any atom is -0.331 e. The maximum absolute atomic E-state index is 11.8. The number of likely N-dealkylation sites (tertiary alicyclic amines) is 1. The first-order chi connectivity index (χ1) is 9.56. The van der Waals surface area contributed by atoms with Crippen LogP contribution in [0.4, 0.5) is 4.79 Å². The van der Waals surface area contributed by atoms with E-state index in [0.29, 0.717) is 6.04 Å². The van der Waals surface area contributed by atoms with Gasteiger partial charge in [-0.15, -0.1) is 11.3 Å². The van der Waals surface area contributed by atoms with Gasteiger partial charge in [0, 0.05) is 57.3 Å². The Hall–Kier alpha value is -1.14. The first-order valence-electron chi connectivity index (χ1n) is 7.17. The quantitative estimate of drug-likeness (QED) is 0.920. The molecule has 1 aliphatic heterocycles. The molecule has 1 saturated heterocycles. The van der Waals surface area contributed by atoms with Gasteiger partial charge in [0.15, 0.2) is 0 Å². The van der Waals surface area contributed by atoms with E-state index in [2.05, 4.69) is 15.7 Å². The summed E-state index contributed by atoms with van der Waals surface area (Å²) in [5, 5.41) is 6.88. The zero-order valence-corrected chi connectivity index (χ0v) is 13.4. The van der Waals surface area contributed by atoms with Gasteiger partial charge in [-0.05, 0) is 19.8 Å². The van der Waals surface area contributed by atoms with Crippen LogP contribution in [-0.4, -0.2) is 60.6 Å². The number of aryl methyl sites for hydroxylation is 1. The summed E-state index contributed by atoms with van der Waals surface area (Å²) in [6.07, 6.45) is 3.07. The third-order valence-corrected chi connectivity index (χ3v) is 4.61. The van der Waals surface area contributed by atoms with Gasteiger partial charge in [0.05, 0.1) is 5.01 Å². The summed E-state index contributed by atoms with van der Waals surface area (Å²) in [5.74, 6) is 0. The van der Waals surface area contributed by atoms with Crippen molar-refractivity contribution in [3.63, 3.8) is 0 Å². The van der Waals surface area contributed by atoms with Gasteiger partial charge in [0.25, 0.3) is 0 Å². The molecule has 112 valence electrons. The maximum atomic E-state index is 11.8. The second kappa shape index (κ2) is 7.04. The zero-order valence-electron chi connectivity index (χ0n) is 12.6. The number of thiazole rings is 1. The molecule has 0 atom stereocenters. The van der Waals surface area contributed by atoms with Crippen molar-refractivity contribution in [1.29, 1.82) is 0 Å². The first kappa shape index (κ1) is 15.3. The van der Waals surface area contributed by atoms with E-state index < -0.39 is 0 Å². The van der Waals surface area contributed by atoms with Gasteiger partial charge in [-0.1, -0.05) is 0 Å². The molecular formula is C14H24N4OS. The Kier molecular flexibility index (Phi) is 5.37. The van der Waals surface area contributed by atoms with E-state index >= 15 is 0 Å². The molecule has 0 unspecified atom stereocenters. The van der Waals surface area contributed by atoms with Crippen LogP contribution in [0.5, 0.6) is 0 Å². The molecule has 0 radical (unpaired) electrons. The SMILES string of the molecule is Cc1csc(CCNC2CCN(C(=O)N(C)C)CC2)n1. The van der Waals surface area contributed by atoms with Crippen LogP contribution in [0.3, 0.4) is 0 Å². The Bertz CT molecular complexity index is 438. The molecule has 1 aromatic rings. The van der Waals surface area contributed by atoms with Gasteiger partial charge in [-0.2, -0.15) is 0 Å². The van der Waals surface area contributed by atoms with E-state index in [1.807, 2.05) is 25.9 Å². The van der Waals surface area contributed by atoms with Crippen molar-refractivity contribution >= 4 is 17.4 Å². The number of hydrogen-bond donors (Lipinski definition) is 1. The zero-order chi connectivity index (χ0) is 14.5. The molecule has 0 aromatic carbocycles. The van der Waals surface area contributed by atoms with Gasteiger partial charge in [-0.25, -0.2) is 9.78 Å². The fourth-order valence-electron chi connectivity index (χ4n) is 2.46. The summed E-state index contributed by atoms with van der Waals surface area (Å²) >= 11 is 1.73. The molecule has 6 heteroatoms. The highest BCUT2D eigenvalue weighted by Crippen LogP contribution is 2.12. The Morgan fingerprint density at radius 3 is 2.75 bits per heavy atom. The van der Waals surface area contributed by atoms with Crippen molar-refractivity contribution in [2.75, 3.05) is 33.7 Å². The highest BCUT2D eigenvalue weighted by Gasteiger charge is 2.23. The predicted molar refractivity (Wildman–Crippen MR) is 82.2 cm³/mol. The van der Waals surface area contributed by atoms with Crippen molar-refractivity contribution in [3.8, 4) is 0 Å². The van der Waals surface area contributed by atoms with E-state index in [-0.39, 0.29) is 6.03 Å². The smallest absolute Gasteiger partial charge is 0.319 e. The molecule has 0 bridgehead atoms. The molecule has 0 spiro atoms. The van der Waals surface area contributed by atoms with Crippen LogP contribution in [0, 0.1) is 6.92 Å². The van der Waals surface area contributed by atoms with Crippen molar-refractivity contribution in [3.05, 3.63) is 16.1 Å². The van der Waals surface area contributed by atoms with Crippen LogP contribution < -0.4 is 5.32 Å². The number of hydrogen-bond acceptors (Lipinski definition) is 4. The second-order valence-electron chi connectivity index (χ2n) is 5.53. The molecule has 1 aliphatic rings. The second-order valence-corrected chi connectivity index (χ2v) is 6.47. The lowest BCUT2D eigenvalue weighted by atomic mass is 10.1. The molecule has 0 aliphatic carbocycles. The number of nitrogens with one attached hydrogen (secondary N) is 1. The lowest BCUT2D eigenvalue weighted by molar-refractivity contribution is 0.152. The summed E-state index contributed by atoms with van der Waals surface area (Å²) in [6, 6.07) is 0.656. The van der Waals surface area contributed by atoms with Gasteiger partial charge in [-0.3, -0.25) is 0 Å². The summed E-state index contributed by atoms with van der Waals surface area (Å²) in [4.78, 5) is 19.9. The topological polar surface area (TPSA) is 48.5 Å². The summed E-state index contributed by atoms with van der Waals surface area (Å²) in [5.41, 5.74) is 1.11. The number of rotatable bonds is 4. The molecular weight excluding hydrogens is 272 g/mol. The Morgan fingerprint density at radius 2 is 2.20 bits per heavy atom. The number of urea groups is 1. The predicted octanol–water partition coefficient (Wildman–Crippen LogP) is 1.73. The Labute approximate surface area is 125 Å². The van der Waals surface area contributed by atoms with Crippen molar-refractivity contribution in [1.82, 2.24) is 20.1 Å². The summed E-state index contributed by atoms with van der Waals surface area (Å²) in [6.45, 7) is 4.71. The van der Waals surface area contributed by atoms with Crippen LogP contribution in [0.15, 0.2) is 5.38 Å². The van der Waals surface area contributed by atoms with Crippen LogP contribution in [-0.2, 0) is 6.42 Å². The highest BCUT2D eigenvalue weighted by atomic mass is 32.1. The molecule has 5 nitrogen and oxygen atoms in total. The molecule has 1 aromatic heterocycles. The number of nitrogens with zero attached hydrogens (tertiary/aromatic N) is 3. The third-order valence-electron chi connectivity index (χ3n) is 3.59. The van der Waals surface area contributed by atoms with Crippen molar-refractivity contribution in [2.45, 2.75) is 32.2 Å². The lowest BCUT2D eigenvalue weighted by Gasteiger charge is -2.34. The summed E-state index contributed by atoms with van der Waals surface area (Å²) < 4.78 is 0.